The molecule has 3 aromatic rings. The number of carbonyl (C=O) groups is 2. The first kappa shape index (κ1) is 23.4. The van der Waals surface area contributed by atoms with E-state index in [2.05, 4.69) is 49.7 Å². The molecule has 0 bridgehead atoms. The molecule has 0 aliphatic carbocycles. The molecule has 0 spiro atoms. The average Bonchev–Trinajstić information content (AvgIpc) is 2.91. The van der Waals surface area contributed by atoms with Crippen molar-refractivity contribution in [3.63, 3.8) is 0 Å². The van der Waals surface area contributed by atoms with Crippen LogP contribution in [0.3, 0.4) is 0 Å². The fourth-order valence-electron chi connectivity index (χ4n) is 4.28. The van der Waals surface area contributed by atoms with Crippen LogP contribution in [0.1, 0.15) is 17.2 Å². The van der Waals surface area contributed by atoms with Gasteiger partial charge in [0, 0.05) is 57.3 Å². The van der Waals surface area contributed by atoms with Crippen LogP contribution in [0.15, 0.2) is 85.2 Å². The van der Waals surface area contributed by atoms with Gasteiger partial charge in [0.1, 0.15) is 0 Å². The topological polar surface area (TPSA) is 77.6 Å². The molecule has 1 saturated heterocycles. The molecule has 1 aliphatic heterocycles. The van der Waals surface area contributed by atoms with Gasteiger partial charge in [-0.3, -0.25) is 19.5 Å². The Morgan fingerprint density at radius 1 is 0.824 bits per heavy atom. The Labute approximate surface area is 200 Å². The maximum atomic E-state index is 12.5. The number of carbonyl (C=O) groups excluding carboxylic acids is 2. The van der Waals surface area contributed by atoms with Crippen molar-refractivity contribution in [3.05, 3.63) is 96.3 Å². The first-order valence-corrected chi connectivity index (χ1v) is 11.7. The van der Waals surface area contributed by atoms with Crippen molar-refractivity contribution in [2.45, 2.75) is 12.5 Å². The van der Waals surface area contributed by atoms with Crippen LogP contribution >= 0.6 is 0 Å². The lowest BCUT2D eigenvalue weighted by Crippen LogP contribution is -2.51. The molecule has 1 aliphatic rings. The highest BCUT2D eigenvalue weighted by molar-refractivity contribution is 6.35. The van der Waals surface area contributed by atoms with Crippen molar-refractivity contribution in [1.29, 1.82) is 0 Å². The largest absolute Gasteiger partial charge is 0.369 e. The Kier molecular flexibility index (Phi) is 8.24. The normalized spacial score (nSPS) is 14.9. The van der Waals surface area contributed by atoms with Crippen molar-refractivity contribution in [3.8, 4) is 0 Å². The van der Waals surface area contributed by atoms with E-state index in [0.717, 1.165) is 37.3 Å². The van der Waals surface area contributed by atoms with Gasteiger partial charge in [0.25, 0.3) is 0 Å². The van der Waals surface area contributed by atoms with Crippen LogP contribution in [0.2, 0.25) is 0 Å². The number of pyridine rings is 1. The number of nitrogens with one attached hydrogen (secondary N) is 2. The molecule has 1 fully saturated rings. The molecular formula is C27H31N5O2. The van der Waals surface area contributed by atoms with Crippen molar-refractivity contribution in [1.82, 2.24) is 20.5 Å². The minimum atomic E-state index is -0.607. The van der Waals surface area contributed by atoms with E-state index >= 15 is 0 Å². The van der Waals surface area contributed by atoms with Crippen LogP contribution in [0.25, 0.3) is 0 Å². The van der Waals surface area contributed by atoms with Crippen LogP contribution in [-0.2, 0) is 16.0 Å². The van der Waals surface area contributed by atoms with E-state index in [1.807, 2.05) is 54.7 Å². The second-order valence-corrected chi connectivity index (χ2v) is 8.36. The Morgan fingerprint density at radius 2 is 1.50 bits per heavy atom. The maximum Gasteiger partial charge on any atom is 0.309 e. The zero-order valence-corrected chi connectivity index (χ0v) is 19.3. The molecule has 4 rings (SSSR count). The SMILES string of the molecule is O=C(NCCc1ccccc1)C(=O)NC[C@@H](c1cccnc1)N1CCN(c2ccccc2)CC1. The Bertz CT molecular complexity index is 1040. The second-order valence-electron chi connectivity index (χ2n) is 8.36. The van der Waals surface area contributed by atoms with Gasteiger partial charge in [0.15, 0.2) is 0 Å². The number of hydrogen-bond acceptors (Lipinski definition) is 5. The van der Waals surface area contributed by atoms with Gasteiger partial charge in [0.05, 0.1) is 6.04 Å². The summed E-state index contributed by atoms with van der Waals surface area (Å²) in [4.78, 5) is 33.8. The predicted octanol–water partition coefficient (Wildman–Crippen LogP) is 2.42. The monoisotopic (exact) mass is 457 g/mol. The second kappa shape index (κ2) is 12.0. The van der Waals surface area contributed by atoms with Gasteiger partial charge in [-0.15, -0.1) is 0 Å². The van der Waals surface area contributed by atoms with Crippen molar-refractivity contribution >= 4 is 17.5 Å². The summed E-state index contributed by atoms with van der Waals surface area (Å²) in [5, 5.41) is 5.55. The van der Waals surface area contributed by atoms with Crippen molar-refractivity contribution < 1.29 is 9.59 Å². The summed E-state index contributed by atoms with van der Waals surface area (Å²) in [6, 6.07) is 24.2. The molecule has 2 amide bonds. The van der Waals surface area contributed by atoms with Crippen LogP contribution < -0.4 is 15.5 Å². The first-order chi connectivity index (χ1) is 16.7. The Hall–Kier alpha value is -3.71. The van der Waals surface area contributed by atoms with E-state index in [-0.39, 0.29) is 6.04 Å². The van der Waals surface area contributed by atoms with Crippen molar-refractivity contribution in [2.75, 3.05) is 44.2 Å². The van der Waals surface area contributed by atoms with Crippen LogP contribution in [0.4, 0.5) is 5.69 Å². The standard InChI is InChI=1S/C27H31N5O2/c33-26(29-15-13-22-8-3-1-4-9-22)27(34)30-21-25(23-10-7-14-28-20-23)32-18-16-31(17-19-32)24-11-5-2-6-12-24/h1-12,14,20,25H,13,15-19,21H2,(H,29,33)(H,30,34)/t25-/m0/s1. The summed E-state index contributed by atoms with van der Waals surface area (Å²) in [5.41, 5.74) is 3.37. The third-order valence-corrected chi connectivity index (χ3v) is 6.15. The number of nitrogens with zero attached hydrogens (tertiary/aromatic N) is 3. The summed E-state index contributed by atoms with van der Waals surface area (Å²) >= 11 is 0. The van der Waals surface area contributed by atoms with Crippen LogP contribution in [-0.4, -0.2) is 61.0 Å². The maximum absolute atomic E-state index is 12.5. The van der Waals surface area contributed by atoms with E-state index in [9.17, 15) is 9.59 Å². The van der Waals surface area contributed by atoms with Gasteiger partial charge < -0.3 is 15.5 Å². The summed E-state index contributed by atoms with van der Waals surface area (Å²) in [6.45, 7) is 4.27. The number of aromatic nitrogens is 1. The van der Waals surface area contributed by atoms with E-state index in [1.54, 1.807) is 6.20 Å². The van der Waals surface area contributed by atoms with E-state index in [0.29, 0.717) is 19.5 Å². The lowest BCUT2D eigenvalue weighted by Gasteiger charge is -2.40. The molecule has 7 nitrogen and oxygen atoms in total. The van der Waals surface area contributed by atoms with Crippen molar-refractivity contribution in [2.24, 2.45) is 0 Å². The quantitative estimate of drug-likeness (QED) is 0.508. The molecule has 0 radical (unpaired) electrons. The molecule has 176 valence electrons. The third kappa shape index (κ3) is 6.42. The minimum Gasteiger partial charge on any atom is -0.369 e. The number of para-hydroxylation sites is 1. The molecule has 0 saturated carbocycles. The van der Waals surface area contributed by atoms with Crippen LogP contribution in [0, 0.1) is 0 Å². The van der Waals surface area contributed by atoms with E-state index < -0.39 is 11.8 Å². The fraction of sp³-hybridized carbons (Fsp3) is 0.296. The molecule has 1 aromatic heterocycles. The fourth-order valence-corrected chi connectivity index (χ4v) is 4.28. The molecule has 34 heavy (non-hydrogen) atoms. The Morgan fingerprint density at radius 3 is 2.18 bits per heavy atom. The van der Waals surface area contributed by atoms with E-state index in [1.165, 1.54) is 5.69 Å². The first-order valence-electron chi connectivity index (χ1n) is 11.7. The highest BCUT2D eigenvalue weighted by atomic mass is 16.2. The molecule has 7 heteroatoms. The van der Waals surface area contributed by atoms with Gasteiger partial charge in [0.2, 0.25) is 0 Å². The van der Waals surface area contributed by atoms with Gasteiger partial charge in [-0.2, -0.15) is 0 Å². The molecule has 2 heterocycles. The molecule has 0 unspecified atom stereocenters. The number of hydrogen-bond donors (Lipinski definition) is 2. The van der Waals surface area contributed by atoms with E-state index in [4.69, 9.17) is 0 Å². The molecule has 2 N–H and O–H groups in total. The summed E-state index contributed by atoms with van der Waals surface area (Å²) in [7, 11) is 0. The van der Waals surface area contributed by atoms with Gasteiger partial charge in [-0.05, 0) is 35.7 Å². The minimum absolute atomic E-state index is 0.0484. The number of amides is 2. The van der Waals surface area contributed by atoms with Crippen LogP contribution in [0.5, 0.6) is 0 Å². The predicted molar refractivity (Wildman–Crippen MR) is 133 cm³/mol. The third-order valence-electron chi connectivity index (χ3n) is 6.15. The highest BCUT2D eigenvalue weighted by Crippen LogP contribution is 2.23. The zero-order valence-electron chi connectivity index (χ0n) is 19.3. The number of piperazine rings is 1. The molecule has 1 atom stereocenters. The average molecular weight is 458 g/mol. The number of benzene rings is 2. The number of rotatable bonds is 8. The smallest absolute Gasteiger partial charge is 0.309 e. The molecule has 2 aromatic carbocycles. The summed E-state index contributed by atoms with van der Waals surface area (Å²) in [5.74, 6) is -1.21. The summed E-state index contributed by atoms with van der Waals surface area (Å²) in [6.07, 6.45) is 4.26. The van der Waals surface area contributed by atoms with Gasteiger partial charge >= 0.3 is 11.8 Å². The van der Waals surface area contributed by atoms with Gasteiger partial charge in [-0.1, -0.05) is 54.6 Å². The zero-order chi connectivity index (χ0) is 23.6. The van der Waals surface area contributed by atoms with Gasteiger partial charge in [-0.25, -0.2) is 0 Å². The Balaban J connectivity index is 1.31. The number of anilines is 1. The summed E-state index contributed by atoms with van der Waals surface area (Å²) < 4.78 is 0. The lowest BCUT2D eigenvalue weighted by atomic mass is 10.1. The highest BCUT2D eigenvalue weighted by Gasteiger charge is 2.26. The molecular weight excluding hydrogens is 426 g/mol. The lowest BCUT2D eigenvalue weighted by molar-refractivity contribution is -0.139.